The number of aliphatic hydroxyl groups is 1. The van der Waals surface area contributed by atoms with Crippen molar-refractivity contribution in [3.8, 4) is 0 Å². The van der Waals surface area contributed by atoms with Crippen molar-refractivity contribution >= 4 is 0 Å². The molecule has 0 fully saturated rings. The molecule has 0 aromatic carbocycles. The molecule has 0 rings (SSSR count). The van der Waals surface area contributed by atoms with Crippen LogP contribution >= 0.6 is 0 Å². The second-order valence-corrected chi connectivity index (χ2v) is 7.30. The summed E-state index contributed by atoms with van der Waals surface area (Å²) in [6.45, 7) is 3.79. The predicted octanol–water partition coefficient (Wildman–Crippen LogP) is 5.85. The van der Waals surface area contributed by atoms with Gasteiger partial charge < -0.3 is 14.6 Å². The van der Waals surface area contributed by atoms with E-state index in [1.54, 1.807) is 0 Å². The fourth-order valence-corrected chi connectivity index (χ4v) is 2.78. The summed E-state index contributed by atoms with van der Waals surface area (Å²) in [6.07, 6.45) is -15.7. The smallest absolute Gasteiger partial charge is 0.390 e. The van der Waals surface area contributed by atoms with Gasteiger partial charge in [-0.3, -0.25) is 0 Å². The van der Waals surface area contributed by atoms with Gasteiger partial charge in [0.2, 0.25) is 0 Å². The van der Waals surface area contributed by atoms with Gasteiger partial charge >= 0.3 is 18.6 Å². The van der Waals surface area contributed by atoms with E-state index in [1.165, 1.54) is 0 Å². The summed E-state index contributed by atoms with van der Waals surface area (Å²) >= 11 is 0. The van der Waals surface area contributed by atoms with Gasteiger partial charge in [-0.05, 0) is 40.0 Å². The molecule has 0 saturated carbocycles. The highest BCUT2D eigenvalue weighted by atomic mass is 19.3. The number of ether oxygens (including phenoxy) is 2. The average Bonchev–Trinajstić information content (AvgIpc) is 2.59. The van der Waals surface area contributed by atoms with Crippen LogP contribution in [0.5, 0.6) is 0 Å². The van der Waals surface area contributed by atoms with Gasteiger partial charge in [-0.25, -0.2) is 17.6 Å². The average molecular weight is 432 g/mol. The van der Waals surface area contributed by atoms with Crippen molar-refractivity contribution in [3.05, 3.63) is 0 Å². The molecule has 11 heteroatoms. The molecule has 3 atom stereocenters. The zero-order chi connectivity index (χ0) is 22.8. The standard InChI is InChI=1S/C17H28F8O3/c1-7-12(4,13(5,8-2)27-16(22,23)11(18)19)17(24,25)28-14(6,9-3)15(20,21)10-26/h11,26H,7-10H2,1-6H3. The first kappa shape index (κ1) is 27.3. The lowest BCUT2D eigenvalue weighted by Gasteiger charge is -2.52. The molecule has 0 bridgehead atoms. The Bertz CT molecular complexity index is 517. The van der Waals surface area contributed by atoms with E-state index in [0.29, 0.717) is 6.92 Å². The summed E-state index contributed by atoms with van der Waals surface area (Å²) in [6, 6.07) is 0. The Morgan fingerprint density at radius 3 is 1.46 bits per heavy atom. The summed E-state index contributed by atoms with van der Waals surface area (Å²) in [5.41, 5.74) is -8.13. The second-order valence-electron chi connectivity index (χ2n) is 7.30. The van der Waals surface area contributed by atoms with E-state index in [1.807, 2.05) is 0 Å². The van der Waals surface area contributed by atoms with E-state index in [9.17, 15) is 26.3 Å². The molecule has 0 spiro atoms. The molecule has 0 amide bonds. The minimum absolute atomic E-state index is 0.572. The molecule has 1 N–H and O–H groups in total. The Balaban J connectivity index is 6.27. The summed E-state index contributed by atoms with van der Waals surface area (Å²) in [5, 5.41) is 8.86. The Hall–Kier alpha value is -0.680. The van der Waals surface area contributed by atoms with Crippen LogP contribution in [0, 0.1) is 5.41 Å². The third-order valence-corrected chi connectivity index (χ3v) is 5.81. The highest BCUT2D eigenvalue weighted by molar-refractivity contribution is 5.02. The number of halogens is 8. The van der Waals surface area contributed by atoms with Gasteiger partial charge in [-0.2, -0.15) is 17.6 Å². The van der Waals surface area contributed by atoms with Crippen LogP contribution in [0.3, 0.4) is 0 Å². The third kappa shape index (κ3) is 4.72. The zero-order valence-corrected chi connectivity index (χ0v) is 16.7. The lowest BCUT2D eigenvalue weighted by atomic mass is 9.69. The van der Waals surface area contributed by atoms with Gasteiger partial charge in [-0.1, -0.05) is 20.8 Å². The Labute approximate surface area is 159 Å². The zero-order valence-electron chi connectivity index (χ0n) is 16.7. The summed E-state index contributed by atoms with van der Waals surface area (Å²) in [5.74, 6) is -4.09. The van der Waals surface area contributed by atoms with E-state index in [-0.39, 0.29) is 0 Å². The molecule has 0 aromatic rings. The van der Waals surface area contributed by atoms with Crippen LogP contribution in [0.4, 0.5) is 35.1 Å². The Morgan fingerprint density at radius 1 is 0.750 bits per heavy atom. The predicted molar refractivity (Wildman–Crippen MR) is 85.9 cm³/mol. The quantitative estimate of drug-likeness (QED) is 0.393. The molecule has 28 heavy (non-hydrogen) atoms. The monoisotopic (exact) mass is 432 g/mol. The van der Waals surface area contributed by atoms with Gasteiger partial charge in [0, 0.05) is 0 Å². The molecular formula is C17H28F8O3. The van der Waals surface area contributed by atoms with Crippen molar-refractivity contribution in [2.75, 3.05) is 6.61 Å². The van der Waals surface area contributed by atoms with Crippen LogP contribution in [0.2, 0.25) is 0 Å². The highest BCUT2D eigenvalue weighted by Gasteiger charge is 2.67. The van der Waals surface area contributed by atoms with E-state index >= 15 is 8.78 Å². The topological polar surface area (TPSA) is 38.7 Å². The van der Waals surface area contributed by atoms with Crippen LogP contribution in [0.15, 0.2) is 0 Å². The SMILES string of the molecule is CCC(C)(OC(F)(F)C(C)(CC)C(C)(CC)OC(F)(F)C(F)F)C(F)(F)CO. The highest BCUT2D eigenvalue weighted by Crippen LogP contribution is 2.55. The van der Waals surface area contributed by atoms with Crippen molar-refractivity contribution in [1.29, 1.82) is 0 Å². The maximum absolute atomic E-state index is 15.1. The first-order chi connectivity index (χ1) is 12.4. The lowest BCUT2D eigenvalue weighted by molar-refractivity contribution is -0.429. The first-order valence-electron chi connectivity index (χ1n) is 8.78. The minimum atomic E-state index is -5.04. The molecule has 0 aromatic heterocycles. The molecule has 0 radical (unpaired) electrons. The fourth-order valence-electron chi connectivity index (χ4n) is 2.78. The molecule has 0 aliphatic rings. The normalized spacial score (nSPS) is 20.6. The number of hydrogen-bond acceptors (Lipinski definition) is 3. The van der Waals surface area contributed by atoms with Crippen LogP contribution in [0.25, 0.3) is 0 Å². The van der Waals surface area contributed by atoms with E-state index in [4.69, 9.17) is 5.11 Å². The van der Waals surface area contributed by atoms with E-state index < -0.39 is 67.1 Å². The largest absolute Gasteiger partial charge is 0.417 e. The van der Waals surface area contributed by atoms with Crippen molar-refractivity contribution in [1.82, 2.24) is 0 Å². The molecule has 3 unspecified atom stereocenters. The number of aliphatic hydroxyl groups excluding tert-OH is 1. The molecule has 0 aliphatic heterocycles. The molecule has 3 nitrogen and oxygen atoms in total. The maximum Gasteiger partial charge on any atom is 0.417 e. The number of rotatable bonds is 12. The Kier molecular flexibility index (Phi) is 8.38. The lowest BCUT2D eigenvalue weighted by Crippen LogP contribution is -2.63. The minimum Gasteiger partial charge on any atom is -0.390 e. The number of alkyl halides is 8. The molecule has 170 valence electrons. The van der Waals surface area contributed by atoms with E-state index in [0.717, 1.165) is 34.6 Å². The molecular weight excluding hydrogens is 404 g/mol. The molecule has 0 aliphatic carbocycles. The first-order valence-corrected chi connectivity index (χ1v) is 8.78. The van der Waals surface area contributed by atoms with Crippen molar-refractivity contribution < 1.29 is 49.7 Å². The summed E-state index contributed by atoms with van der Waals surface area (Å²) in [4.78, 5) is 0. The van der Waals surface area contributed by atoms with Crippen molar-refractivity contribution in [2.45, 2.75) is 96.6 Å². The van der Waals surface area contributed by atoms with Gasteiger partial charge in [-0.15, -0.1) is 0 Å². The van der Waals surface area contributed by atoms with Gasteiger partial charge in [0.15, 0.2) is 0 Å². The van der Waals surface area contributed by atoms with E-state index in [2.05, 4.69) is 9.47 Å². The number of hydrogen-bond donors (Lipinski definition) is 1. The van der Waals surface area contributed by atoms with Crippen molar-refractivity contribution in [2.24, 2.45) is 5.41 Å². The fraction of sp³-hybridized carbons (Fsp3) is 1.00. The summed E-state index contributed by atoms with van der Waals surface area (Å²) < 4.78 is 119. The van der Waals surface area contributed by atoms with Crippen molar-refractivity contribution in [3.63, 3.8) is 0 Å². The molecule has 0 saturated heterocycles. The van der Waals surface area contributed by atoms with Gasteiger partial charge in [0.25, 0.3) is 5.92 Å². The van der Waals surface area contributed by atoms with Gasteiger partial charge in [0.05, 0.1) is 11.0 Å². The van der Waals surface area contributed by atoms with Gasteiger partial charge in [0.1, 0.15) is 12.2 Å². The maximum atomic E-state index is 15.1. The second kappa shape index (κ2) is 8.59. The summed E-state index contributed by atoms with van der Waals surface area (Å²) in [7, 11) is 0. The van der Waals surface area contributed by atoms with Crippen LogP contribution in [-0.2, 0) is 9.47 Å². The van der Waals surface area contributed by atoms with Crippen LogP contribution in [0.1, 0.15) is 60.8 Å². The molecule has 0 heterocycles. The van der Waals surface area contributed by atoms with Crippen LogP contribution in [-0.4, -0.2) is 47.5 Å². The van der Waals surface area contributed by atoms with Crippen LogP contribution < -0.4 is 0 Å². The third-order valence-electron chi connectivity index (χ3n) is 5.81. The Morgan fingerprint density at radius 2 is 1.18 bits per heavy atom.